The molecule has 0 spiro atoms. The first-order valence-corrected chi connectivity index (χ1v) is 11.2. The predicted molar refractivity (Wildman–Crippen MR) is 112 cm³/mol. The van der Waals surface area contributed by atoms with Crippen LogP contribution in [0, 0.1) is 6.92 Å². The smallest absolute Gasteiger partial charge is 0.264 e. The minimum Gasteiger partial charge on any atom is -0.354 e. The van der Waals surface area contributed by atoms with Crippen LogP contribution in [0.5, 0.6) is 0 Å². The maximum absolute atomic E-state index is 13.3. The summed E-state index contributed by atoms with van der Waals surface area (Å²) < 4.78 is 28.2. The second-order valence-electron chi connectivity index (χ2n) is 7.71. The number of nitrogens with zero attached hydrogens (tertiary/aromatic N) is 1. The third-order valence-electron chi connectivity index (χ3n) is 5.05. The van der Waals surface area contributed by atoms with Crippen LogP contribution in [0.2, 0.25) is 0 Å². The highest BCUT2D eigenvalue weighted by atomic mass is 32.2. The number of anilines is 1. The molecule has 0 radical (unpaired) electrons. The van der Waals surface area contributed by atoms with E-state index in [1.165, 1.54) is 4.31 Å². The van der Waals surface area contributed by atoms with Crippen LogP contribution in [0.1, 0.15) is 50.2 Å². The van der Waals surface area contributed by atoms with E-state index < -0.39 is 10.0 Å². The van der Waals surface area contributed by atoms with Gasteiger partial charge in [-0.2, -0.15) is 0 Å². The summed E-state index contributed by atoms with van der Waals surface area (Å²) in [6, 6.07) is 14.6. The number of hydrogen-bond donors (Lipinski definition) is 1. The van der Waals surface area contributed by atoms with Crippen LogP contribution < -0.4 is 9.62 Å². The van der Waals surface area contributed by atoms with Gasteiger partial charge in [-0.3, -0.25) is 9.10 Å². The zero-order chi connectivity index (χ0) is 20.3. The Morgan fingerprint density at radius 1 is 1.14 bits per heavy atom. The van der Waals surface area contributed by atoms with Crippen LogP contribution in [-0.4, -0.2) is 26.9 Å². The molecule has 3 rings (SSSR count). The third-order valence-corrected chi connectivity index (χ3v) is 6.88. The molecule has 1 atom stereocenters. The van der Waals surface area contributed by atoms with Crippen LogP contribution in [0.4, 0.5) is 5.69 Å². The summed E-state index contributed by atoms with van der Waals surface area (Å²) in [6.45, 7) is 6.23. The van der Waals surface area contributed by atoms with Crippen molar-refractivity contribution in [3.8, 4) is 0 Å². The first-order valence-electron chi connectivity index (χ1n) is 9.76. The molecule has 1 aliphatic heterocycles. The molecule has 0 aromatic heterocycles. The minimum absolute atomic E-state index is 0.00430. The summed E-state index contributed by atoms with van der Waals surface area (Å²) in [5, 5.41) is 2.94. The van der Waals surface area contributed by atoms with Crippen LogP contribution in [0.25, 0.3) is 0 Å². The number of para-hydroxylation sites is 1. The van der Waals surface area contributed by atoms with E-state index in [1.807, 2.05) is 57.2 Å². The highest BCUT2D eigenvalue weighted by Crippen LogP contribution is 2.38. The molecule has 1 amide bonds. The second-order valence-corrected chi connectivity index (χ2v) is 9.58. The molecule has 0 unspecified atom stereocenters. The van der Waals surface area contributed by atoms with Gasteiger partial charge in [0.2, 0.25) is 5.91 Å². The maximum atomic E-state index is 13.3. The molecule has 2 aromatic rings. The van der Waals surface area contributed by atoms with Crippen molar-refractivity contribution < 1.29 is 13.2 Å². The van der Waals surface area contributed by atoms with Crippen molar-refractivity contribution in [3.05, 3.63) is 59.7 Å². The van der Waals surface area contributed by atoms with Crippen LogP contribution in [-0.2, 0) is 14.8 Å². The van der Waals surface area contributed by atoms with E-state index in [2.05, 4.69) is 5.32 Å². The van der Waals surface area contributed by atoms with Gasteiger partial charge >= 0.3 is 0 Å². The van der Waals surface area contributed by atoms with Gasteiger partial charge in [0.05, 0.1) is 10.6 Å². The quantitative estimate of drug-likeness (QED) is 0.825. The lowest BCUT2D eigenvalue weighted by atomic mass is 9.91. The Morgan fingerprint density at radius 2 is 1.82 bits per heavy atom. The van der Waals surface area contributed by atoms with Crippen molar-refractivity contribution in [2.75, 3.05) is 10.8 Å². The van der Waals surface area contributed by atoms with Gasteiger partial charge in [0.15, 0.2) is 0 Å². The third kappa shape index (κ3) is 4.38. The lowest BCUT2D eigenvalue weighted by Gasteiger charge is -2.25. The standard InChI is InChI=1S/C22H28N2O3S/c1-16(2)23-22(25)15-18-7-6-14-24(21-9-5-4-8-20(18)21)28(26,27)19-12-10-17(3)11-13-19/h4-5,8-13,16,18H,6-7,14-15H2,1-3H3,(H,23,25)/t18-/m1/s1. The molecule has 0 bridgehead atoms. The molecule has 0 saturated heterocycles. The molecule has 0 fully saturated rings. The Balaban J connectivity index is 1.96. The Hall–Kier alpha value is -2.34. The molecule has 1 N–H and O–H groups in total. The number of nitrogens with one attached hydrogen (secondary N) is 1. The van der Waals surface area contributed by atoms with Gasteiger partial charge in [0.25, 0.3) is 10.0 Å². The van der Waals surface area contributed by atoms with E-state index in [4.69, 9.17) is 0 Å². The average Bonchev–Trinajstić information content (AvgIpc) is 2.82. The average molecular weight is 401 g/mol. The van der Waals surface area contributed by atoms with Gasteiger partial charge in [-0.05, 0) is 63.3 Å². The number of carbonyl (C=O) groups is 1. The van der Waals surface area contributed by atoms with Gasteiger partial charge in [0.1, 0.15) is 0 Å². The molecule has 0 aliphatic carbocycles. The molecule has 6 heteroatoms. The van der Waals surface area contributed by atoms with E-state index in [0.717, 1.165) is 17.5 Å². The number of benzene rings is 2. The van der Waals surface area contributed by atoms with Crippen LogP contribution in [0.15, 0.2) is 53.4 Å². The second kappa shape index (κ2) is 8.35. The largest absolute Gasteiger partial charge is 0.354 e. The van der Waals surface area contributed by atoms with Crippen molar-refractivity contribution in [2.24, 2.45) is 0 Å². The van der Waals surface area contributed by atoms with Crippen molar-refractivity contribution in [1.29, 1.82) is 0 Å². The maximum Gasteiger partial charge on any atom is 0.264 e. The van der Waals surface area contributed by atoms with E-state index in [-0.39, 0.29) is 17.9 Å². The number of rotatable bonds is 5. The number of fused-ring (bicyclic) bond motifs is 1. The summed E-state index contributed by atoms with van der Waals surface area (Å²) in [6.07, 6.45) is 1.86. The normalized spacial score (nSPS) is 17.1. The van der Waals surface area contributed by atoms with Gasteiger partial charge < -0.3 is 5.32 Å². The van der Waals surface area contributed by atoms with E-state index in [1.54, 1.807) is 12.1 Å². The van der Waals surface area contributed by atoms with Crippen molar-refractivity contribution in [1.82, 2.24) is 5.32 Å². The van der Waals surface area contributed by atoms with Gasteiger partial charge in [-0.1, -0.05) is 35.9 Å². The molecular formula is C22H28N2O3S. The summed E-state index contributed by atoms with van der Waals surface area (Å²) in [5.74, 6) is 0.0119. The van der Waals surface area contributed by atoms with E-state index in [9.17, 15) is 13.2 Å². The lowest BCUT2D eigenvalue weighted by molar-refractivity contribution is -0.122. The molecule has 2 aromatic carbocycles. The lowest BCUT2D eigenvalue weighted by Crippen LogP contribution is -2.32. The van der Waals surface area contributed by atoms with E-state index >= 15 is 0 Å². The Morgan fingerprint density at radius 3 is 2.50 bits per heavy atom. The predicted octanol–water partition coefficient (Wildman–Crippen LogP) is 3.98. The topological polar surface area (TPSA) is 66.5 Å². The number of sulfonamides is 1. The SMILES string of the molecule is Cc1ccc(S(=O)(=O)N2CCC[C@H](CC(=O)NC(C)C)c3ccccc32)cc1. The Kier molecular flexibility index (Phi) is 6.08. The number of hydrogen-bond acceptors (Lipinski definition) is 3. The monoisotopic (exact) mass is 400 g/mol. The zero-order valence-corrected chi connectivity index (χ0v) is 17.5. The fourth-order valence-electron chi connectivity index (χ4n) is 3.72. The zero-order valence-electron chi connectivity index (χ0n) is 16.7. The summed E-state index contributed by atoms with van der Waals surface area (Å²) in [4.78, 5) is 12.6. The molecule has 5 nitrogen and oxygen atoms in total. The minimum atomic E-state index is -3.65. The molecule has 1 aliphatic rings. The summed E-state index contributed by atoms with van der Waals surface area (Å²) >= 11 is 0. The Labute approximate surface area is 167 Å². The fourth-order valence-corrected chi connectivity index (χ4v) is 5.25. The first kappa shape index (κ1) is 20.4. The van der Waals surface area contributed by atoms with Crippen molar-refractivity contribution >= 4 is 21.6 Å². The van der Waals surface area contributed by atoms with Crippen molar-refractivity contribution in [2.45, 2.75) is 56.9 Å². The van der Waals surface area contributed by atoms with Crippen LogP contribution >= 0.6 is 0 Å². The van der Waals surface area contributed by atoms with Crippen molar-refractivity contribution in [3.63, 3.8) is 0 Å². The van der Waals surface area contributed by atoms with Gasteiger partial charge in [0, 0.05) is 19.0 Å². The van der Waals surface area contributed by atoms with Gasteiger partial charge in [-0.25, -0.2) is 8.42 Å². The molecule has 0 saturated carbocycles. The summed E-state index contributed by atoms with van der Waals surface area (Å²) in [5.41, 5.74) is 2.63. The molecule has 1 heterocycles. The molecule has 28 heavy (non-hydrogen) atoms. The molecular weight excluding hydrogens is 372 g/mol. The van der Waals surface area contributed by atoms with E-state index in [0.29, 0.717) is 30.0 Å². The first-order chi connectivity index (χ1) is 13.3. The number of amides is 1. The highest BCUT2D eigenvalue weighted by molar-refractivity contribution is 7.92. The summed E-state index contributed by atoms with van der Waals surface area (Å²) in [7, 11) is -3.65. The Bertz CT molecular complexity index is 937. The highest BCUT2D eigenvalue weighted by Gasteiger charge is 2.31. The number of carbonyl (C=O) groups excluding carboxylic acids is 1. The van der Waals surface area contributed by atoms with Crippen LogP contribution in [0.3, 0.4) is 0 Å². The van der Waals surface area contributed by atoms with Gasteiger partial charge in [-0.15, -0.1) is 0 Å². The molecule has 150 valence electrons. The number of aryl methyl sites for hydroxylation is 1. The fraction of sp³-hybridized carbons (Fsp3) is 0.409.